The molecule has 0 spiro atoms. The topological polar surface area (TPSA) is 0 Å². The first-order valence-corrected chi connectivity index (χ1v) is 9.23. The molecular formula is C10H21AlCl4Mg. The van der Waals surface area contributed by atoms with Crippen LogP contribution < -0.4 is 24.8 Å². The van der Waals surface area contributed by atoms with Gasteiger partial charge in [0.25, 0.3) is 0 Å². The van der Waals surface area contributed by atoms with Crippen LogP contribution in [-0.4, -0.2) is 35.4 Å². The van der Waals surface area contributed by atoms with Crippen LogP contribution in [0.5, 0.6) is 0 Å². The van der Waals surface area contributed by atoms with Crippen LogP contribution in [-0.2, 0) is 0 Å². The van der Waals surface area contributed by atoms with E-state index in [1.165, 1.54) is 19.3 Å². The zero-order chi connectivity index (χ0) is 10.7. The van der Waals surface area contributed by atoms with Crippen LogP contribution in [0, 0.1) is 5.41 Å². The van der Waals surface area contributed by atoms with Gasteiger partial charge in [-0.1, -0.05) is 53.9 Å². The van der Waals surface area contributed by atoms with Crippen molar-refractivity contribution in [2.45, 2.75) is 58.2 Å². The first-order valence-electron chi connectivity index (χ1n) is 5.16. The fourth-order valence-corrected chi connectivity index (χ4v) is 4.81. The SMILES string of the molecule is CCC(CC)(CC)[C](C)(C)[Al]([Cl])[Cl].[Cl-].[Cl-].[Mg+2]. The van der Waals surface area contributed by atoms with Crippen molar-refractivity contribution in [2.24, 2.45) is 5.41 Å². The molecule has 0 aromatic heterocycles. The van der Waals surface area contributed by atoms with E-state index in [2.05, 4.69) is 34.6 Å². The summed E-state index contributed by atoms with van der Waals surface area (Å²) in [5.41, 5.74) is 0.341. The molecular weight excluding hydrogens is 313 g/mol. The minimum atomic E-state index is -1.61. The first kappa shape index (κ1) is 26.9. The smallest absolute Gasteiger partial charge is 1.00 e. The van der Waals surface area contributed by atoms with Gasteiger partial charge >= 0.3 is 35.4 Å². The average Bonchev–Trinajstić information content (AvgIpc) is 2.08. The molecule has 0 bridgehead atoms. The summed E-state index contributed by atoms with van der Waals surface area (Å²) in [6.45, 7) is 11.2. The normalized spacial score (nSPS) is 10.7. The van der Waals surface area contributed by atoms with Gasteiger partial charge in [0.05, 0.1) is 0 Å². The van der Waals surface area contributed by atoms with Gasteiger partial charge in [-0.15, -0.1) is 0 Å². The van der Waals surface area contributed by atoms with Crippen molar-refractivity contribution < 1.29 is 24.8 Å². The standard InChI is InChI=1S/C10H21.Al.4ClH.Mg/c1-6-10(7-2,8-3)9(4)5;;;;;;/h6-8H2,1-5H3;;4*1H;/q;+2;;;;;+2/p-4. The Kier molecular flexibility index (Phi) is 19.0. The summed E-state index contributed by atoms with van der Waals surface area (Å²) in [4.78, 5) is 0. The van der Waals surface area contributed by atoms with Gasteiger partial charge in [-0.25, -0.2) is 20.1 Å². The summed E-state index contributed by atoms with van der Waals surface area (Å²) < 4.78 is 0.133. The molecule has 0 aliphatic heterocycles. The zero-order valence-corrected chi connectivity index (χ0v) is 16.5. The molecule has 0 aliphatic carbocycles. The minimum Gasteiger partial charge on any atom is -1.00 e. The maximum Gasteiger partial charge on any atom is 2.00 e. The Morgan fingerprint density at radius 2 is 1.12 bits per heavy atom. The molecule has 0 nitrogen and oxygen atoms in total. The second kappa shape index (κ2) is 11.3. The van der Waals surface area contributed by atoms with E-state index in [-0.39, 0.29) is 52.1 Å². The van der Waals surface area contributed by atoms with E-state index in [1.807, 2.05) is 0 Å². The summed E-state index contributed by atoms with van der Waals surface area (Å²) in [6, 6.07) is 0. The molecule has 0 aromatic rings. The molecule has 0 saturated heterocycles. The second-order valence-electron chi connectivity index (χ2n) is 4.36. The summed E-state index contributed by atoms with van der Waals surface area (Å²) in [5, 5.41) is 0. The predicted molar refractivity (Wildman–Crippen MR) is 70.6 cm³/mol. The van der Waals surface area contributed by atoms with Crippen LogP contribution in [0.4, 0.5) is 0 Å². The van der Waals surface area contributed by atoms with Gasteiger partial charge in [-0.05, 0) is 9.69 Å². The van der Waals surface area contributed by atoms with E-state index < -0.39 is 12.3 Å². The van der Waals surface area contributed by atoms with Crippen LogP contribution in [0.3, 0.4) is 0 Å². The molecule has 0 fully saturated rings. The van der Waals surface area contributed by atoms with Crippen LogP contribution in [0.15, 0.2) is 0 Å². The summed E-state index contributed by atoms with van der Waals surface area (Å²) >= 11 is -1.61. The van der Waals surface area contributed by atoms with Crippen molar-refractivity contribution in [1.29, 1.82) is 0 Å². The van der Waals surface area contributed by atoms with Crippen molar-refractivity contribution >= 4 is 55.5 Å². The van der Waals surface area contributed by atoms with E-state index in [0.29, 0.717) is 5.41 Å². The molecule has 0 unspecified atom stereocenters. The third-order valence-electron chi connectivity index (χ3n) is 3.94. The third-order valence-corrected chi connectivity index (χ3v) is 8.92. The molecule has 0 atom stereocenters. The van der Waals surface area contributed by atoms with Crippen molar-refractivity contribution in [1.82, 2.24) is 0 Å². The van der Waals surface area contributed by atoms with E-state index >= 15 is 0 Å². The Balaban J connectivity index is -0.000000240. The van der Waals surface area contributed by atoms with Gasteiger partial charge in [0.15, 0.2) is 0 Å². The Labute approximate surface area is 142 Å². The summed E-state index contributed by atoms with van der Waals surface area (Å²) in [6.07, 6.45) is 3.53. The van der Waals surface area contributed by atoms with Gasteiger partial charge in [0, 0.05) is 0 Å². The largest absolute Gasteiger partial charge is 2.00 e. The zero-order valence-electron chi connectivity index (χ0n) is 10.9. The van der Waals surface area contributed by atoms with Gasteiger partial charge < -0.3 is 24.8 Å². The number of rotatable bonds is 5. The van der Waals surface area contributed by atoms with Crippen LogP contribution >= 0.6 is 20.1 Å². The molecule has 94 valence electrons. The Morgan fingerprint density at radius 3 is 1.19 bits per heavy atom. The molecule has 0 aliphatic rings. The van der Waals surface area contributed by atoms with Gasteiger partial charge in [0.2, 0.25) is 0 Å². The summed E-state index contributed by atoms with van der Waals surface area (Å²) in [5.74, 6) is 0. The van der Waals surface area contributed by atoms with Gasteiger partial charge in [0.1, 0.15) is 0 Å². The Hall–Kier alpha value is 2.46. The molecule has 0 amide bonds. The number of halogens is 4. The second-order valence-corrected chi connectivity index (χ2v) is 9.70. The minimum absolute atomic E-state index is 0. The van der Waals surface area contributed by atoms with Gasteiger partial charge in [-0.2, -0.15) is 0 Å². The molecule has 6 heteroatoms. The Morgan fingerprint density at radius 1 is 0.875 bits per heavy atom. The number of hydrogen-bond acceptors (Lipinski definition) is 0. The van der Waals surface area contributed by atoms with E-state index in [4.69, 9.17) is 20.1 Å². The van der Waals surface area contributed by atoms with Crippen LogP contribution in [0.25, 0.3) is 0 Å². The molecule has 0 heterocycles. The van der Waals surface area contributed by atoms with E-state index in [1.54, 1.807) is 0 Å². The predicted octanol–water partition coefficient (Wildman–Crippen LogP) is -1.42. The van der Waals surface area contributed by atoms with Crippen molar-refractivity contribution in [2.75, 3.05) is 0 Å². The third kappa shape index (κ3) is 5.62. The average molecular weight is 334 g/mol. The monoisotopic (exact) mass is 332 g/mol. The molecule has 0 aromatic carbocycles. The van der Waals surface area contributed by atoms with Gasteiger partial charge in [-0.3, -0.25) is 0 Å². The molecule has 0 rings (SSSR count). The van der Waals surface area contributed by atoms with E-state index in [0.717, 1.165) is 0 Å². The fourth-order valence-electron chi connectivity index (χ4n) is 2.35. The van der Waals surface area contributed by atoms with E-state index in [9.17, 15) is 0 Å². The maximum absolute atomic E-state index is 6.19. The molecule has 0 N–H and O–H groups in total. The maximum atomic E-state index is 6.19. The Bertz CT molecular complexity index is 153. The number of hydrogen-bond donors (Lipinski definition) is 0. The first-order chi connectivity index (χ1) is 5.88. The van der Waals surface area contributed by atoms with Crippen molar-refractivity contribution in [3.05, 3.63) is 0 Å². The van der Waals surface area contributed by atoms with Crippen molar-refractivity contribution in [3.8, 4) is 0 Å². The van der Waals surface area contributed by atoms with Crippen molar-refractivity contribution in [3.63, 3.8) is 0 Å². The quantitative estimate of drug-likeness (QED) is 0.541. The molecule has 0 radical (unpaired) electrons. The van der Waals surface area contributed by atoms with Crippen LogP contribution in [0.1, 0.15) is 53.9 Å². The van der Waals surface area contributed by atoms with Crippen LogP contribution in [0.2, 0.25) is 4.28 Å². The molecule has 0 saturated carbocycles. The molecule has 16 heavy (non-hydrogen) atoms. The fraction of sp³-hybridized carbons (Fsp3) is 1.00. The summed E-state index contributed by atoms with van der Waals surface area (Å²) in [7, 11) is 12.4.